The highest BCUT2D eigenvalue weighted by molar-refractivity contribution is 6.42. The number of amides is 2. The van der Waals surface area contributed by atoms with E-state index in [1.54, 1.807) is 18.2 Å². The zero-order valence-corrected chi connectivity index (χ0v) is 15.8. The third kappa shape index (κ3) is 5.87. The maximum absolute atomic E-state index is 12.0. The van der Waals surface area contributed by atoms with E-state index in [-0.39, 0.29) is 29.6 Å². The number of para-hydroxylation sites is 1. The molecule has 0 aliphatic carbocycles. The lowest BCUT2D eigenvalue weighted by atomic mass is 10.2. The summed E-state index contributed by atoms with van der Waals surface area (Å²) in [4.78, 5) is 23.7. The van der Waals surface area contributed by atoms with Crippen LogP contribution in [0.25, 0.3) is 0 Å². The van der Waals surface area contributed by atoms with Crippen LogP contribution >= 0.6 is 23.2 Å². The van der Waals surface area contributed by atoms with Gasteiger partial charge in [0.1, 0.15) is 0 Å². The zero-order valence-electron chi connectivity index (χ0n) is 14.3. The summed E-state index contributed by atoms with van der Waals surface area (Å²) in [5.74, 6) is -0.545. The van der Waals surface area contributed by atoms with Gasteiger partial charge in [-0.05, 0) is 30.3 Å². The van der Waals surface area contributed by atoms with Gasteiger partial charge < -0.3 is 15.2 Å². The molecule has 0 heterocycles. The van der Waals surface area contributed by atoms with Gasteiger partial charge in [-0.25, -0.2) is 5.43 Å². The number of carbonyl (C=O) groups is 2. The largest absolute Gasteiger partial charge is 0.504 e. The number of rotatable bonds is 7. The van der Waals surface area contributed by atoms with E-state index in [9.17, 15) is 14.7 Å². The maximum atomic E-state index is 12.0. The Morgan fingerprint density at radius 1 is 1.22 bits per heavy atom. The van der Waals surface area contributed by atoms with Crippen molar-refractivity contribution in [2.45, 2.75) is 6.42 Å². The number of methoxy groups -OCH3 is 1. The topological polar surface area (TPSA) is 100 Å². The summed E-state index contributed by atoms with van der Waals surface area (Å²) in [5, 5.41) is 16.9. The van der Waals surface area contributed by atoms with E-state index >= 15 is 0 Å². The van der Waals surface area contributed by atoms with Gasteiger partial charge >= 0.3 is 0 Å². The van der Waals surface area contributed by atoms with Crippen LogP contribution in [0.3, 0.4) is 0 Å². The summed E-state index contributed by atoms with van der Waals surface area (Å²) in [5.41, 5.74) is 3.05. The van der Waals surface area contributed by atoms with Crippen LogP contribution in [0.15, 0.2) is 41.5 Å². The standard InChI is InChI=1S/C18H17Cl2N3O4/c1-27-15-4-2-3-12(17(15)25)10-22-23-16(24)7-8-21-18(26)11-5-6-13(19)14(20)9-11/h2-6,9-10,25H,7-8H2,1H3,(H,21,26)(H,23,24)/b22-10+. The highest BCUT2D eigenvalue weighted by atomic mass is 35.5. The van der Waals surface area contributed by atoms with E-state index in [0.717, 1.165) is 0 Å². The molecule has 7 nitrogen and oxygen atoms in total. The summed E-state index contributed by atoms with van der Waals surface area (Å²) >= 11 is 11.7. The molecule has 3 N–H and O–H groups in total. The summed E-state index contributed by atoms with van der Waals surface area (Å²) in [7, 11) is 1.43. The van der Waals surface area contributed by atoms with Crippen molar-refractivity contribution in [3.8, 4) is 11.5 Å². The number of nitrogens with zero attached hydrogens (tertiary/aromatic N) is 1. The fraction of sp³-hybridized carbons (Fsp3) is 0.167. The Morgan fingerprint density at radius 3 is 2.70 bits per heavy atom. The molecule has 2 aromatic rings. The Labute approximate surface area is 165 Å². The molecule has 0 aliphatic rings. The second kappa shape index (κ2) is 9.80. The normalized spacial score (nSPS) is 10.6. The average molecular weight is 410 g/mol. The van der Waals surface area contributed by atoms with Crippen molar-refractivity contribution < 1.29 is 19.4 Å². The molecule has 142 valence electrons. The summed E-state index contributed by atoms with van der Waals surface area (Å²) in [6, 6.07) is 9.40. The zero-order chi connectivity index (χ0) is 19.8. The number of aromatic hydroxyl groups is 1. The van der Waals surface area contributed by atoms with E-state index < -0.39 is 5.91 Å². The van der Waals surface area contributed by atoms with Gasteiger partial charge in [-0.1, -0.05) is 29.3 Å². The molecule has 0 saturated carbocycles. The molecular weight excluding hydrogens is 393 g/mol. The van der Waals surface area contributed by atoms with E-state index in [2.05, 4.69) is 15.8 Å². The molecule has 0 saturated heterocycles. The van der Waals surface area contributed by atoms with Gasteiger partial charge in [0.15, 0.2) is 11.5 Å². The predicted octanol–water partition coefficient (Wildman–Crippen LogP) is 2.98. The quantitative estimate of drug-likeness (QED) is 0.483. The SMILES string of the molecule is COc1cccc(/C=N/NC(=O)CCNC(=O)c2ccc(Cl)c(Cl)c2)c1O. The lowest BCUT2D eigenvalue weighted by Crippen LogP contribution is -2.29. The monoisotopic (exact) mass is 409 g/mol. The minimum atomic E-state index is -0.400. The molecule has 0 bridgehead atoms. The molecule has 2 rings (SSSR count). The Kier molecular flexibility index (Phi) is 7.45. The van der Waals surface area contributed by atoms with Crippen LogP contribution in [0.2, 0.25) is 10.0 Å². The fourth-order valence-corrected chi connectivity index (χ4v) is 2.36. The first-order valence-electron chi connectivity index (χ1n) is 7.83. The van der Waals surface area contributed by atoms with Crippen LogP contribution in [0.5, 0.6) is 11.5 Å². The van der Waals surface area contributed by atoms with Crippen molar-refractivity contribution in [2.75, 3.05) is 13.7 Å². The van der Waals surface area contributed by atoms with Gasteiger partial charge in [-0.3, -0.25) is 9.59 Å². The van der Waals surface area contributed by atoms with Crippen molar-refractivity contribution >= 4 is 41.2 Å². The Balaban J connectivity index is 1.79. The highest BCUT2D eigenvalue weighted by Gasteiger charge is 2.09. The number of ether oxygens (including phenoxy) is 1. The van der Waals surface area contributed by atoms with Crippen molar-refractivity contribution in [3.63, 3.8) is 0 Å². The first kappa shape index (κ1) is 20.5. The number of halogens is 2. The predicted molar refractivity (Wildman–Crippen MR) is 104 cm³/mol. The minimum Gasteiger partial charge on any atom is -0.504 e. The molecular formula is C18H17Cl2N3O4. The van der Waals surface area contributed by atoms with Crippen LogP contribution < -0.4 is 15.5 Å². The first-order chi connectivity index (χ1) is 12.9. The van der Waals surface area contributed by atoms with Gasteiger partial charge in [0.05, 0.1) is 23.4 Å². The molecule has 0 aromatic heterocycles. The number of hydrogen-bond donors (Lipinski definition) is 3. The molecule has 0 unspecified atom stereocenters. The summed E-state index contributed by atoms with van der Waals surface area (Å²) < 4.78 is 4.98. The third-order valence-electron chi connectivity index (χ3n) is 3.46. The number of benzene rings is 2. The van der Waals surface area contributed by atoms with Gasteiger partial charge in [0.25, 0.3) is 5.91 Å². The van der Waals surface area contributed by atoms with Crippen LogP contribution in [0.4, 0.5) is 0 Å². The number of phenolic OH excluding ortho intramolecular Hbond substituents is 1. The lowest BCUT2D eigenvalue weighted by Gasteiger charge is -2.06. The smallest absolute Gasteiger partial charge is 0.251 e. The molecule has 2 amide bonds. The van der Waals surface area contributed by atoms with Gasteiger partial charge in [-0.15, -0.1) is 0 Å². The molecule has 0 spiro atoms. The number of carbonyl (C=O) groups excluding carboxylic acids is 2. The van der Waals surface area contributed by atoms with Gasteiger partial charge in [0, 0.05) is 24.1 Å². The Hall–Kier alpha value is -2.77. The van der Waals surface area contributed by atoms with Crippen molar-refractivity contribution in [1.29, 1.82) is 0 Å². The molecule has 2 aromatic carbocycles. The number of hydrogen-bond acceptors (Lipinski definition) is 5. The second-order valence-corrected chi connectivity index (χ2v) is 6.14. The molecule has 0 aliphatic heterocycles. The number of nitrogens with one attached hydrogen (secondary N) is 2. The Bertz CT molecular complexity index is 872. The van der Waals surface area contributed by atoms with Crippen molar-refractivity contribution in [3.05, 3.63) is 57.6 Å². The minimum absolute atomic E-state index is 0.0223. The maximum Gasteiger partial charge on any atom is 0.251 e. The number of hydrazone groups is 1. The molecule has 0 atom stereocenters. The van der Waals surface area contributed by atoms with Crippen LogP contribution in [0, 0.1) is 0 Å². The Morgan fingerprint density at radius 2 is 2.00 bits per heavy atom. The fourth-order valence-electron chi connectivity index (χ4n) is 2.07. The van der Waals surface area contributed by atoms with Crippen LogP contribution in [0.1, 0.15) is 22.3 Å². The summed E-state index contributed by atoms with van der Waals surface area (Å²) in [6.07, 6.45) is 1.32. The van der Waals surface area contributed by atoms with E-state index in [1.165, 1.54) is 31.5 Å². The van der Waals surface area contributed by atoms with E-state index in [4.69, 9.17) is 27.9 Å². The van der Waals surface area contributed by atoms with Crippen LogP contribution in [-0.4, -0.2) is 36.8 Å². The van der Waals surface area contributed by atoms with E-state index in [0.29, 0.717) is 21.9 Å². The molecule has 0 radical (unpaired) electrons. The first-order valence-corrected chi connectivity index (χ1v) is 8.59. The average Bonchev–Trinajstić information content (AvgIpc) is 2.65. The van der Waals surface area contributed by atoms with Crippen molar-refractivity contribution in [1.82, 2.24) is 10.7 Å². The third-order valence-corrected chi connectivity index (χ3v) is 4.20. The van der Waals surface area contributed by atoms with E-state index in [1.807, 2.05) is 0 Å². The van der Waals surface area contributed by atoms with Gasteiger partial charge in [0.2, 0.25) is 5.91 Å². The number of phenols is 1. The van der Waals surface area contributed by atoms with Crippen LogP contribution in [-0.2, 0) is 4.79 Å². The summed E-state index contributed by atoms with van der Waals surface area (Å²) in [6.45, 7) is 0.116. The second-order valence-electron chi connectivity index (χ2n) is 5.33. The highest BCUT2D eigenvalue weighted by Crippen LogP contribution is 2.27. The molecule has 0 fully saturated rings. The lowest BCUT2D eigenvalue weighted by molar-refractivity contribution is -0.120. The van der Waals surface area contributed by atoms with Gasteiger partial charge in [-0.2, -0.15) is 5.10 Å². The molecule has 27 heavy (non-hydrogen) atoms. The molecule has 9 heteroatoms. The van der Waals surface area contributed by atoms with Crippen molar-refractivity contribution in [2.24, 2.45) is 5.10 Å².